The molecule has 1 rings (SSSR count). The maximum Gasteiger partial charge on any atom is 0.126 e. The number of halogens is 1. The molecule has 12 heavy (non-hydrogen) atoms. The fraction of sp³-hybridized carbons (Fsp3) is 0.444. The molecule has 0 spiro atoms. The zero-order valence-corrected chi connectivity index (χ0v) is 8.32. The maximum absolute atomic E-state index is 4.17. The first-order valence-electron chi connectivity index (χ1n) is 3.99. The molecule has 68 valence electrons. The van der Waals surface area contributed by atoms with Gasteiger partial charge in [-0.3, -0.25) is 0 Å². The highest BCUT2D eigenvalue weighted by Crippen LogP contribution is 2.04. The lowest BCUT2D eigenvalue weighted by Crippen LogP contribution is -2.01. The third-order valence-corrected chi connectivity index (χ3v) is 1.47. The Hall–Kier alpha value is -0.760. The van der Waals surface area contributed by atoms with Crippen molar-refractivity contribution >= 4 is 18.2 Å². The van der Waals surface area contributed by atoms with Crippen molar-refractivity contribution in [2.75, 3.05) is 11.9 Å². The lowest BCUT2D eigenvalue weighted by atomic mass is 10.3. The van der Waals surface area contributed by atoms with Crippen LogP contribution in [0, 0.1) is 6.92 Å². The first kappa shape index (κ1) is 11.2. The summed E-state index contributed by atoms with van der Waals surface area (Å²) < 4.78 is 0. The molecule has 0 atom stereocenters. The minimum Gasteiger partial charge on any atom is -0.370 e. The van der Waals surface area contributed by atoms with E-state index in [-0.39, 0.29) is 12.4 Å². The molecule has 0 amide bonds. The van der Waals surface area contributed by atoms with Crippen LogP contribution in [0.5, 0.6) is 0 Å². The molecule has 1 N–H and O–H groups in total. The smallest absolute Gasteiger partial charge is 0.126 e. The highest BCUT2D eigenvalue weighted by molar-refractivity contribution is 5.85. The Balaban J connectivity index is 0.00000121. The number of nitrogens with zero attached hydrogens (tertiary/aromatic N) is 1. The van der Waals surface area contributed by atoms with Crippen LogP contribution in [0.15, 0.2) is 18.3 Å². The van der Waals surface area contributed by atoms with Crippen LogP contribution < -0.4 is 5.32 Å². The number of nitrogens with one attached hydrogen (secondary N) is 1. The molecule has 1 aromatic heterocycles. The van der Waals surface area contributed by atoms with Gasteiger partial charge in [0.05, 0.1) is 0 Å². The summed E-state index contributed by atoms with van der Waals surface area (Å²) in [5, 5.41) is 3.22. The van der Waals surface area contributed by atoms with Crippen molar-refractivity contribution in [2.45, 2.75) is 20.3 Å². The minimum atomic E-state index is 0. The second kappa shape index (κ2) is 5.84. The van der Waals surface area contributed by atoms with E-state index in [4.69, 9.17) is 0 Å². The lowest BCUT2D eigenvalue weighted by Gasteiger charge is -2.02. The Morgan fingerprint density at radius 3 is 2.83 bits per heavy atom. The summed E-state index contributed by atoms with van der Waals surface area (Å²) in [7, 11) is 0. The highest BCUT2D eigenvalue weighted by atomic mass is 35.5. The van der Waals surface area contributed by atoms with E-state index in [1.807, 2.05) is 12.3 Å². The summed E-state index contributed by atoms with van der Waals surface area (Å²) in [6.07, 6.45) is 2.96. The molecule has 0 aliphatic carbocycles. The van der Waals surface area contributed by atoms with Crippen molar-refractivity contribution in [1.82, 2.24) is 4.98 Å². The fourth-order valence-electron chi connectivity index (χ4n) is 0.886. The highest BCUT2D eigenvalue weighted by Gasteiger charge is 1.90. The number of anilines is 1. The fourth-order valence-corrected chi connectivity index (χ4v) is 0.886. The average molecular weight is 187 g/mol. The molecule has 3 heteroatoms. The largest absolute Gasteiger partial charge is 0.370 e. The summed E-state index contributed by atoms with van der Waals surface area (Å²) >= 11 is 0. The molecule has 0 unspecified atom stereocenters. The van der Waals surface area contributed by atoms with Crippen LogP contribution in [0.1, 0.15) is 18.9 Å². The van der Waals surface area contributed by atoms with Gasteiger partial charge in [-0.25, -0.2) is 4.98 Å². The van der Waals surface area contributed by atoms with E-state index in [9.17, 15) is 0 Å². The van der Waals surface area contributed by atoms with Gasteiger partial charge in [0.25, 0.3) is 0 Å². The molecule has 0 fully saturated rings. The standard InChI is InChI=1S/C9H14N2.ClH/c1-3-5-10-9-7-8(2)4-6-11-9;/h4,6-7H,3,5H2,1-2H3,(H,10,11);1H. The predicted octanol–water partition coefficient (Wildman–Crippen LogP) is 2.63. The predicted molar refractivity (Wildman–Crippen MR) is 55.0 cm³/mol. The maximum atomic E-state index is 4.17. The van der Waals surface area contributed by atoms with E-state index in [0.717, 1.165) is 18.8 Å². The van der Waals surface area contributed by atoms with Gasteiger partial charge in [0.2, 0.25) is 0 Å². The van der Waals surface area contributed by atoms with Gasteiger partial charge in [0.1, 0.15) is 5.82 Å². The zero-order valence-electron chi connectivity index (χ0n) is 7.50. The van der Waals surface area contributed by atoms with E-state index in [1.165, 1.54) is 5.56 Å². The first-order valence-corrected chi connectivity index (χ1v) is 3.99. The molecule has 1 heterocycles. The van der Waals surface area contributed by atoms with Gasteiger partial charge in [0, 0.05) is 12.7 Å². The summed E-state index contributed by atoms with van der Waals surface area (Å²) in [6.45, 7) is 5.21. The molecule has 0 aliphatic rings. The number of hydrogen-bond acceptors (Lipinski definition) is 2. The SMILES string of the molecule is CCCNc1cc(C)ccn1.Cl. The molecule has 2 nitrogen and oxygen atoms in total. The van der Waals surface area contributed by atoms with Gasteiger partial charge in [-0.1, -0.05) is 6.92 Å². The lowest BCUT2D eigenvalue weighted by molar-refractivity contribution is 0.968. The Labute approximate surface area is 79.8 Å². The summed E-state index contributed by atoms with van der Waals surface area (Å²) in [6, 6.07) is 4.05. The van der Waals surface area contributed by atoms with Crippen LogP contribution >= 0.6 is 12.4 Å². The molecule has 0 saturated heterocycles. The van der Waals surface area contributed by atoms with Crippen LogP contribution in [0.4, 0.5) is 5.82 Å². The van der Waals surface area contributed by atoms with Crippen molar-refractivity contribution in [3.63, 3.8) is 0 Å². The van der Waals surface area contributed by atoms with Crippen molar-refractivity contribution in [3.05, 3.63) is 23.9 Å². The summed E-state index contributed by atoms with van der Waals surface area (Å²) in [5.41, 5.74) is 1.25. The Morgan fingerprint density at radius 2 is 2.25 bits per heavy atom. The van der Waals surface area contributed by atoms with Crippen LogP contribution in [0.2, 0.25) is 0 Å². The van der Waals surface area contributed by atoms with Crippen molar-refractivity contribution < 1.29 is 0 Å². The second-order valence-electron chi connectivity index (χ2n) is 2.65. The quantitative estimate of drug-likeness (QED) is 0.785. The van der Waals surface area contributed by atoms with Gasteiger partial charge in [-0.2, -0.15) is 0 Å². The molecule has 0 bridgehead atoms. The van der Waals surface area contributed by atoms with Crippen LogP contribution in [-0.4, -0.2) is 11.5 Å². The number of pyridine rings is 1. The molecular weight excluding hydrogens is 172 g/mol. The third-order valence-electron chi connectivity index (χ3n) is 1.47. The van der Waals surface area contributed by atoms with Crippen LogP contribution in [0.3, 0.4) is 0 Å². The van der Waals surface area contributed by atoms with Crippen LogP contribution in [-0.2, 0) is 0 Å². The van der Waals surface area contributed by atoms with Crippen molar-refractivity contribution in [3.8, 4) is 0 Å². The van der Waals surface area contributed by atoms with Gasteiger partial charge < -0.3 is 5.32 Å². The molecule has 0 saturated carbocycles. The first-order chi connectivity index (χ1) is 5.33. The monoisotopic (exact) mass is 186 g/mol. The van der Waals surface area contributed by atoms with E-state index >= 15 is 0 Å². The zero-order chi connectivity index (χ0) is 8.10. The van der Waals surface area contributed by atoms with Crippen molar-refractivity contribution in [2.24, 2.45) is 0 Å². The number of hydrogen-bond donors (Lipinski definition) is 1. The molecule has 0 aliphatic heterocycles. The molecular formula is C9H15ClN2. The molecule has 0 aromatic carbocycles. The normalized spacial score (nSPS) is 8.83. The van der Waals surface area contributed by atoms with Gasteiger partial charge >= 0.3 is 0 Å². The third kappa shape index (κ3) is 3.58. The van der Waals surface area contributed by atoms with Crippen molar-refractivity contribution in [1.29, 1.82) is 0 Å². The number of aryl methyl sites for hydroxylation is 1. The molecule has 1 aromatic rings. The van der Waals surface area contributed by atoms with Crippen LogP contribution in [0.25, 0.3) is 0 Å². The van der Waals surface area contributed by atoms with Gasteiger partial charge in [0.15, 0.2) is 0 Å². The van der Waals surface area contributed by atoms with Gasteiger partial charge in [-0.05, 0) is 31.0 Å². The Kier molecular flexibility index (Phi) is 5.47. The van der Waals surface area contributed by atoms with E-state index in [2.05, 4.69) is 30.2 Å². The minimum absolute atomic E-state index is 0. The summed E-state index contributed by atoms with van der Waals surface area (Å²) in [4.78, 5) is 4.17. The second-order valence-corrected chi connectivity index (χ2v) is 2.65. The van der Waals surface area contributed by atoms with E-state index in [1.54, 1.807) is 0 Å². The molecule has 0 radical (unpaired) electrons. The Bertz CT molecular complexity index is 226. The Morgan fingerprint density at radius 1 is 1.50 bits per heavy atom. The topological polar surface area (TPSA) is 24.9 Å². The summed E-state index contributed by atoms with van der Waals surface area (Å²) in [5.74, 6) is 0.979. The average Bonchev–Trinajstić information content (AvgIpc) is 2.01. The number of aromatic nitrogens is 1. The number of rotatable bonds is 3. The van der Waals surface area contributed by atoms with Gasteiger partial charge in [-0.15, -0.1) is 12.4 Å². The van der Waals surface area contributed by atoms with E-state index in [0.29, 0.717) is 0 Å². The van der Waals surface area contributed by atoms with E-state index < -0.39 is 0 Å².